The highest BCUT2D eigenvalue weighted by Crippen LogP contribution is 2.66. The van der Waals surface area contributed by atoms with E-state index >= 15 is 0 Å². The first-order chi connectivity index (χ1) is 6.37. The lowest BCUT2D eigenvalue weighted by molar-refractivity contribution is 0.198. The average Bonchev–Trinajstić information content (AvgIpc) is 2.50. The van der Waals surface area contributed by atoms with Gasteiger partial charge in [0, 0.05) is 11.1 Å². The predicted octanol–water partition coefficient (Wildman–Crippen LogP) is 1.60. The molecule has 3 rings (SSSR count). The van der Waals surface area contributed by atoms with E-state index in [4.69, 9.17) is 0 Å². The molecule has 0 saturated heterocycles. The fraction of sp³-hybridized carbons (Fsp3) is 0.900. The molecule has 0 aromatic rings. The summed E-state index contributed by atoms with van der Waals surface area (Å²) >= 11 is 0. The number of nitrogens with zero attached hydrogens (tertiary/aromatic N) is 1. The highest BCUT2D eigenvalue weighted by molar-refractivity contribution is 7.90. The van der Waals surface area contributed by atoms with Crippen molar-refractivity contribution in [2.75, 3.05) is 5.75 Å². The van der Waals surface area contributed by atoms with Crippen molar-refractivity contribution in [3.63, 3.8) is 0 Å². The molecule has 3 nitrogen and oxygen atoms in total. The molecule has 1 spiro atoms. The van der Waals surface area contributed by atoms with Crippen LogP contribution in [0.2, 0.25) is 0 Å². The monoisotopic (exact) mass is 213 g/mol. The van der Waals surface area contributed by atoms with Crippen molar-refractivity contribution in [2.45, 2.75) is 33.1 Å². The van der Waals surface area contributed by atoms with Gasteiger partial charge in [0.05, 0.1) is 5.75 Å². The molecule has 0 N–H and O–H groups in total. The van der Waals surface area contributed by atoms with Gasteiger partial charge >= 0.3 is 0 Å². The summed E-state index contributed by atoms with van der Waals surface area (Å²) in [4.78, 5) is 0. The van der Waals surface area contributed by atoms with Crippen LogP contribution in [0.4, 0.5) is 0 Å². The van der Waals surface area contributed by atoms with E-state index in [0.29, 0.717) is 5.92 Å². The van der Waals surface area contributed by atoms with Crippen molar-refractivity contribution in [1.29, 1.82) is 0 Å². The van der Waals surface area contributed by atoms with Gasteiger partial charge in [-0.2, -0.15) is 4.40 Å². The third-order valence-corrected chi connectivity index (χ3v) is 6.20. The van der Waals surface area contributed by atoms with Crippen LogP contribution in [0.5, 0.6) is 0 Å². The second kappa shape index (κ2) is 2.08. The molecule has 0 aromatic carbocycles. The van der Waals surface area contributed by atoms with Crippen LogP contribution in [0.15, 0.2) is 4.40 Å². The van der Waals surface area contributed by atoms with Gasteiger partial charge in [0.25, 0.3) is 10.0 Å². The van der Waals surface area contributed by atoms with E-state index in [-0.39, 0.29) is 16.6 Å². The van der Waals surface area contributed by atoms with Crippen LogP contribution < -0.4 is 0 Å². The molecule has 14 heavy (non-hydrogen) atoms. The van der Waals surface area contributed by atoms with Gasteiger partial charge < -0.3 is 0 Å². The molecule has 1 unspecified atom stereocenters. The average molecular weight is 213 g/mol. The summed E-state index contributed by atoms with van der Waals surface area (Å²) in [5.41, 5.74) is 1.05. The van der Waals surface area contributed by atoms with E-state index in [1.807, 2.05) is 0 Å². The quantitative estimate of drug-likeness (QED) is 0.613. The Morgan fingerprint density at radius 1 is 1.43 bits per heavy atom. The van der Waals surface area contributed by atoms with Gasteiger partial charge in [-0.25, -0.2) is 8.42 Å². The summed E-state index contributed by atoms with van der Waals surface area (Å²) in [6.07, 6.45) is 3.14. The van der Waals surface area contributed by atoms with Crippen LogP contribution in [0.1, 0.15) is 33.1 Å². The molecule has 2 bridgehead atoms. The van der Waals surface area contributed by atoms with Gasteiger partial charge in [-0.05, 0) is 30.6 Å². The Kier molecular flexibility index (Phi) is 1.32. The first-order valence-electron chi connectivity index (χ1n) is 5.19. The highest BCUT2D eigenvalue weighted by atomic mass is 32.2. The zero-order valence-electron chi connectivity index (χ0n) is 8.58. The maximum absolute atomic E-state index is 11.5. The van der Waals surface area contributed by atoms with Crippen molar-refractivity contribution in [3.8, 4) is 0 Å². The van der Waals surface area contributed by atoms with Gasteiger partial charge in [-0.3, -0.25) is 0 Å². The van der Waals surface area contributed by atoms with Crippen LogP contribution in [-0.2, 0) is 10.0 Å². The van der Waals surface area contributed by atoms with Crippen molar-refractivity contribution >= 4 is 15.7 Å². The van der Waals surface area contributed by atoms with E-state index < -0.39 is 10.0 Å². The summed E-state index contributed by atoms with van der Waals surface area (Å²) in [5.74, 6) is 0.940. The number of hydrogen-bond acceptors (Lipinski definition) is 2. The molecule has 1 heterocycles. The summed E-state index contributed by atoms with van der Waals surface area (Å²) in [6.45, 7) is 4.43. The largest absolute Gasteiger partial charge is 0.254 e. The molecule has 2 saturated carbocycles. The fourth-order valence-electron chi connectivity index (χ4n) is 3.77. The van der Waals surface area contributed by atoms with Crippen molar-refractivity contribution in [1.82, 2.24) is 0 Å². The maximum Gasteiger partial charge on any atom is 0.254 e. The SMILES string of the molecule is CC1(C)[C@@H]2CCC13CS(=O)(=O)N=C3C2. The zero-order chi connectivity index (χ0) is 10.2. The molecule has 4 heteroatoms. The van der Waals surface area contributed by atoms with Crippen molar-refractivity contribution in [3.05, 3.63) is 0 Å². The zero-order valence-corrected chi connectivity index (χ0v) is 9.39. The van der Waals surface area contributed by atoms with Gasteiger partial charge in [0.2, 0.25) is 0 Å². The third-order valence-electron chi connectivity index (χ3n) is 4.84. The minimum Gasteiger partial charge on any atom is -0.205 e. The Balaban J connectivity index is 2.22. The lowest BCUT2D eigenvalue weighted by atomic mass is 9.70. The Morgan fingerprint density at radius 3 is 2.71 bits per heavy atom. The molecule has 1 aliphatic heterocycles. The number of rotatable bonds is 0. The number of sulfonamides is 1. The Labute approximate surface area is 84.7 Å². The van der Waals surface area contributed by atoms with E-state index in [1.54, 1.807) is 0 Å². The molecule has 0 radical (unpaired) electrons. The fourth-order valence-corrected chi connectivity index (χ4v) is 5.73. The van der Waals surface area contributed by atoms with Crippen LogP contribution in [0.3, 0.4) is 0 Å². The summed E-state index contributed by atoms with van der Waals surface area (Å²) in [6, 6.07) is 0. The van der Waals surface area contributed by atoms with E-state index in [0.717, 1.165) is 18.6 Å². The maximum atomic E-state index is 11.5. The Morgan fingerprint density at radius 2 is 2.14 bits per heavy atom. The van der Waals surface area contributed by atoms with Crippen LogP contribution >= 0.6 is 0 Å². The highest BCUT2D eigenvalue weighted by Gasteiger charge is 2.66. The molecule has 2 atom stereocenters. The standard InChI is InChI=1S/C10H15NO2S/c1-9(2)7-3-4-10(9)6-14(12,13)11-8(10)5-7/h7H,3-6H2,1-2H3/t7-,10?/m1/s1. The Hall–Kier alpha value is -0.380. The molecule has 3 aliphatic rings. The van der Waals surface area contributed by atoms with Gasteiger partial charge in [0.1, 0.15) is 0 Å². The van der Waals surface area contributed by atoms with E-state index in [2.05, 4.69) is 18.2 Å². The van der Waals surface area contributed by atoms with Crippen LogP contribution in [-0.4, -0.2) is 19.9 Å². The normalized spacial score (nSPS) is 46.4. The van der Waals surface area contributed by atoms with Crippen LogP contribution in [0.25, 0.3) is 0 Å². The third kappa shape index (κ3) is 0.757. The topological polar surface area (TPSA) is 46.5 Å². The van der Waals surface area contributed by atoms with Gasteiger partial charge in [-0.1, -0.05) is 13.8 Å². The van der Waals surface area contributed by atoms with Crippen molar-refractivity contribution in [2.24, 2.45) is 21.1 Å². The van der Waals surface area contributed by atoms with Gasteiger partial charge in [0.15, 0.2) is 0 Å². The molecular weight excluding hydrogens is 198 g/mol. The van der Waals surface area contributed by atoms with Crippen LogP contribution in [0, 0.1) is 16.7 Å². The summed E-state index contributed by atoms with van der Waals surface area (Å²) in [5, 5.41) is 0. The molecular formula is C10H15NO2S. The minimum atomic E-state index is -3.13. The minimum absolute atomic E-state index is 0.0868. The predicted molar refractivity (Wildman–Crippen MR) is 54.8 cm³/mol. The molecule has 78 valence electrons. The molecule has 2 fully saturated rings. The first-order valence-corrected chi connectivity index (χ1v) is 6.80. The van der Waals surface area contributed by atoms with Gasteiger partial charge in [-0.15, -0.1) is 0 Å². The number of hydrogen-bond donors (Lipinski definition) is 0. The Bertz CT molecular complexity index is 435. The molecule has 2 aliphatic carbocycles. The van der Waals surface area contributed by atoms with E-state index in [9.17, 15) is 8.42 Å². The number of fused-ring (bicyclic) bond motifs is 1. The molecule has 0 aromatic heterocycles. The summed E-state index contributed by atoms with van der Waals surface area (Å²) in [7, 11) is -3.13. The van der Waals surface area contributed by atoms with E-state index in [1.165, 1.54) is 6.42 Å². The first kappa shape index (κ1) is 8.89. The second-order valence-electron chi connectivity index (χ2n) is 5.51. The lowest BCUT2D eigenvalue weighted by Gasteiger charge is -2.34. The lowest BCUT2D eigenvalue weighted by Crippen LogP contribution is -2.37. The second-order valence-corrected chi connectivity index (χ2v) is 7.14. The molecule has 0 amide bonds. The smallest absolute Gasteiger partial charge is 0.205 e. The van der Waals surface area contributed by atoms with Crippen molar-refractivity contribution < 1.29 is 8.42 Å². The summed E-state index contributed by atoms with van der Waals surface area (Å²) < 4.78 is 27.0.